The number of hydrogen-bond acceptors (Lipinski definition) is 3. The highest BCUT2D eigenvalue weighted by Gasteiger charge is 2.11. The number of aromatic nitrogens is 1. The van der Waals surface area contributed by atoms with E-state index in [9.17, 15) is 0 Å². The lowest BCUT2D eigenvalue weighted by Crippen LogP contribution is -1.97. The molecule has 0 aliphatic heterocycles. The van der Waals surface area contributed by atoms with Crippen LogP contribution >= 0.6 is 23.2 Å². The Hall–Kier alpha value is -1.76. The Balaban J connectivity index is 2.60. The minimum atomic E-state index is 0.276. The fraction of sp³-hybridized carbons (Fsp3) is 0.0769. The van der Waals surface area contributed by atoms with Crippen molar-refractivity contribution < 1.29 is 0 Å². The molecule has 0 amide bonds. The molecule has 18 heavy (non-hydrogen) atoms. The maximum absolute atomic E-state index is 8.69. The molecular weight excluding hydrogens is 269 g/mol. The molecule has 5 heteroatoms. The van der Waals surface area contributed by atoms with E-state index in [0.29, 0.717) is 27.0 Å². The van der Waals surface area contributed by atoms with Gasteiger partial charge in [0, 0.05) is 17.3 Å². The number of nitrogen functional groups attached to an aromatic ring is 1. The summed E-state index contributed by atoms with van der Waals surface area (Å²) in [7, 11) is 0. The van der Waals surface area contributed by atoms with Gasteiger partial charge in [0.25, 0.3) is 0 Å². The number of rotatable bonds is 2. The first kappa shape index (κ1) is 12.7. The molecule has 2 N–H and O–H groups in total. The molecule has 0 spiro atoms. The Kier molecular flexibility index (Phi) is 3.71. The molecule has 1 heterocycles. The third-order valence-corrected chi connectivity index (χ3v) is 3.32. The number of hydrogen-bond donors (Lipinski definition) is 1. The summed E-state index contributed by atoms with van der Waals surface area (Å²) in [5.74, 6) is 0.362. The van der Waals surface area contributed by atoms with Crippen molar-refractivity contribution in [3.05, 3.63) is 46.1 Å². The van der Waals surface area contributed by atoms with Crippen molar-refractivity contribution in [1.82, 2.24) is 4.98 Å². The van der Waals surface area contributed by atoms with Crippen LogP contribution in [0.1, 0.15) is 5.56 Å². The van der Waals surface area contributed by atoms with Crippen molar-refractivity contribution in [2.45, 2.75) is 6.42 Å². The molecule has 0 fully saturated rings. The summed E-state index contributed by atoms with van der Waals surface area (Å²) < 4.78 is 0. The molecular formula is C13H9Cl2N3. The first-order valence-corrected chi connectivity index (χ1v) is 5.95. The van der Waals surface area contributed by atoms with E-state index in [1.807, 2.05) is 12.1 Å². The van der Waals surface area contributed by atoms with Gasteiger partial charge in [0.2, 0.25) is 0 Å². The van der Waals surface area contributed by atoms with E-state index >= 15 is 0 Å². The SMILES string of the molecule is N#CCc1cnc(N)c(-c2cccc(Cl)c2Cl)c1. The van der Waals surface area contributed by atoms with Crippen molar-refractivity contribution in [1.29, 1.82) is 5.26 Å². The van der Waals surface area contributed by atoms with Gasteiger partial charge in [-0.1, -0.05) is 35.3 Å². The number of benzene rings is 1. The van der Waals surface area contributed by atoms with E-state index in [1.54, 1.807) is 18.3 Å². The van der Waals surface area contributed by atoms with Gasteiger partial charge in [0.1, 0.15) is 5.82 Å². The molecule has 0 aliphatic rings. The predicted octanol–water partition coefficient (Wildman–Crippen LogP) is 3.70. The van der Waals surface area contributed by atoms with E-state index in [4.69, 9.17) is 34.2 Å². The molecule has 0 radical (unpaired) electrons. The number of anilines is 1. The average Bonchev–Trinajstić information content (AvgIpc) is 2.36. The van der Waals surface area contributed by atoms with Crippen LogP contribution < -0.4 is 5.73 Å². The minimum Gasteiger partial charge on any atom is -0.383 e. The van der Waals surface area contributed by atoms with Gasteiger partial charge < -0.3 is 5.73 Å². The number of nitrogens with zero attached hydrogens (tertiary/aromatic N) is 2. The zero-order chi connectivity index (χ0) is 13.1. The maximum atomic E-state index is 8.69. The largest absolute Gasteiger partial charge is 0.383 e. The lowest BCUT2D eigenvalue weighted by atomic mass is 10.0. The number of pyridine rings is 1. The van der Waals surface area contributed by atoms with Crippen molar-refractivity contribution in [2.75, 3.05) is 5.73 Å². The van der Waals surface area contributed by atoms with Crippen molar-refractivity contribution in [2.24, 2.45) is 0 Å². The lowest BCUT2D eigenvalue weighted by Gasteiger charge is -2.09. The maximum Gasteiger partial charge on any atom is 0.131 e. The van der Waals surface area contributed by atoms with Crippen molar-refractivity contribution in [3.63, 3.8) is 0 Å². The van der Waals surface area contributed by atoms with Crippen LogP contribution in [0.5, 0.6) is 0 Å². The van der Waals surface area contributed by atoms with E-state index in [-0.39, 0.29) is 6.42 Å². The van der Waals surface area contributed by atoms with Gasteiger partial charge in [-0.2, -0.15) is 5.26 Å². The summed E-state index contributed by atoms with van der Waals surface area (Å²) >= 11 is 12.1. The molecule has 2 aromatic rings. The first-order chi connectivity index (χ1) is 8.63. The fourth-order valence-corrected chi connectivity index (χ4v) is 2.04. The monoisotopic (exact) mass is 277 g/mol. The summed E-state index contributed by atoms with van der Waals surface area (Å²) in [5, 5.41) is 9.58. The molecule has 0 aliphatic carbocycles. The molecule has 0 atom stereocenters. The predicted molar refractivity (Wildman–Crippen MR) is 73.4 cm³/mol. The van der Waals surface area contributed by atoms with E-state index in [0.717, 1.165) is 5.56 Å². The van der Waals surface area contributed by atoms with Crippen LogP contribution in [0.25, 0.3) is 11.1 Å². The number of halogens is 2. The third-order valence-electron chi connectivity index (χ3n) is 2.50. The van der Waals surface area contributed by atoms with E-state index in [2.05, 4.69) is 11.1 Å². The number of nitrogens with two attached hydrogens (primary N) is 1. The van der Waals surface area contributed by atoms with Crippen LogP contribution in [-0.2, 0) is 6.42 Å². The second-order valence-corrected chi connectivity index (χ2v) is 4.50. The van der Waals surface area contributed by atoms with E-state index in [1.165, 1.54) is 0 Å². The summed E-state index contributed by atoms with van der Waals surface area (Å²) in [5.41, 5.74) is 8.04. The molecule has 3 nitrogen and oxygen atoms in total. The second-order valence-electron chi connectivity index (χ2n) is 3.71. The molecule has 0 saturated heterocycles. The van der Waals surface area contributed by atoms with Gasteiger partial charge in [0.15, 0.2) is 0 Å². The highest BCUT2D eigenvalue weighted by molar-refractivity contribution is 6.43. The van der Waals surface area contributed by atoms with Gasteiger partial charge in [-0.3, -0.25) is 0 Å². The topological polar surface area (TPSA) is 62.7 Å². The zero-order valence-electron chi connectivity index (χ0n) is 9.32. The van der Waals surface area contributed by atoms with Gasteiger partial charge >= 0.3 is 0 Å². The fourth-order valence-electron chi connectivity index (χ4n) is 1.63. The van der Waals surface area contributed by atoms with E-state index < -0.39 is 0 Å². The normalized spacial score (nSPS) is 10.1. The third kappa shape index (κ3) is 2.40. The van der Waals surface area contributed by atoms with Gasteiger partial charge in [-0.25, -0.2) is 4.98 Å². The minimum absolute atomic E-state index is 0.276. The number of nitriles is 1. The lowest BCUT2D eigenvalue weighted by molar-refractivity contribution is 1.20. The highest BCUT2D eigenvalue weighted by Crippen LogP contribution is 2.35. The molecule has 2 rings (SSSR count). The van der Waals surface area contributed by atoms with Crippen LogP contribution in [0.15, 0.2) is 30.5 Å². The quantitative estimate of drug-likeness (QED) is 0.910. The Morgan fingerprint density at radius 1 is 1.28 bits per heavy atom. The smallest absolute Gasteiger partial charge is 0.131 e. The Bertz CT molecular complexity index is 633. The summed E-state index contributed by atoms with van der Waals surface area (Å²) in [6.45, 7) is 0. The Morgan fingerprint density at radius 2 is 2.06 bits per heavy atom. The van der Waals surface area contributed by atoms with Crippen molar-refractivity contribution >= 4 is 29.0 Å². The molecule has 90 valence electrons. The van der Waals surface area contributed by atoms with Gasteiger partial charge in [-0.05, 0) is 17.7 Å². The standard InChI is InChI=1S/C13H9Cl2N3/c14-11-3-1-2-9(12(11)15)10-6-8(4-5-16)7-18-13(10)17/h1-3,6-7H,4H2,(H2,17,18). The molecule has 0 saturated carbocycles. The zero-order valence-corrected chi connectivity index (χ0v) is 10.8. The molecule has 0 unspecified atom stereocenters. The summed E-state index contributed by atoms with van der Waals surface area (Å²) in [6, 6.07) is 9.19. The van der Waals surface area contributed by atoms with Crippen LogP contribution in [0.3, 0.4) is 0 Å². The highest BCUT2D eigenvalue weighted by atomic mass is 35.5. The molecule has 0 bridgehead atoms. The van der Waals surface area contributed by atoms with Crippen molar-refractivity contribution in [3.8, 4) is 17.2 Å². The van der Waals surface area contributed by atoms with Gasteiger partial charge in [-0.15, -0.1) is 0 Å². The molecule has 1 aromatic carbocycles. The Morgan fingerprint density at radius 3 is 2.78 bits per heavy atom. The van der Waals surface area contributed by atoms with Gasteiger partial charge in [0.05, 0.1) is 22.5 Å². The first-order valence-electron chi connectivity index (χ1n) is 5.19. The summed E-state index contributed by atoms with van der Waals surface area (Å²) in [4.78, 5) is 4.07. The second kappa shape index (κ2) is 5.26. The summed E-state index contributed by atoms with van der Waals surface area (Å²) in [6.07, 6.45) is 1.86. The molecule has 1 aromatic heterocycles. The van der Waals surface area contributed by atoms with Crippen LogP contribution in [-0.4, -0.2) is 4.98 Å². The van der Waals surface area contributed by atoms with Crippen LogP contribution in [0, 0.1) is 11.3 Å². The van der Waals surface area contributed by atoms with Crippen LogP contribution in [0.2, 0.25) is 10.0 Å². The van der Waals surface area contributed by atoms with Crippen LogP contribution in [0.4, 0.5) is 5.82 Å². The Labute approximate surface area is 115 Å². The average molecular weight is 278 g/mol.